The van der Waals surface area contributed by atoms with Crippen molar-refractivity contribution in [3.63, 3.8) is 0 Å². The third-order valence-corrected chi connectivity index (χ3v) is 2.44. The van der Waals surface area contributed by atoms with E-state index in [1.807, 2.05) is 0 Å². The average molecular weight is 297 g/mol. The molecular weight excluding hydrogens is 285 g/mol. The minimum atomic E-state index is 0.0376. The SMILES string of the molecule is COCCCOc1cc(Br)c[n+]([O-])c1Cl. The first-order valence-corrected chi connectivity index (χ1v) is 5.52. The molecule has 1 aromatic rings. The summed E-state index contributed by atoms with van der Waals surface area (Å²) < 4.78 is 11.4. The number of nitrogens with zero attached hydrogens (tertiary/aromatic N) is 1. The van der Waals surface area contributed by atoms with E-state index in [4.69, 9.17) is 21.1 Å². The summed E-state index contributed by atoms with van der Waals surface area (Å²) in [5, 5.41) is 11.2. The first-order chi connectivity index (χ1) is 7.15. The Bertz CT molecular complexity index is 335. The third-order valence-electron chi connectivity index (χ3n) is 1.66. The number of rotatable bonds is 5. The van der Waals surface area contributed by atoms with Crippen LogP contribution in [0.5, 0.6) is 5.75 Å². The second-order valence-corrected chi connectivity index (χ2v) is 4.11. The third kappa shape index (κ3) is 3.85. The summed E-state index contributed by atoms with van der Waals surface area (Å²) in [6.45, 7) is 1.08. The van der Waals surface area contributed by atoms with Crippen LogP contribution in [0.2, 0.25) is 5.15 Å². The number of halogens is 2. The molecule has 15 heavy (non-hydrogen) atoms. The molecule has 0 aliphatic carbocycles. The molecule has 6 heteroatoms. The summed E-state index contributed by atoms with van der Waals surface area (Å²) in [4.78, 5) is 0. The summed E-state index contributed by atoms with van der Waals surface area (Å²) in [5.74, 6) is 0.372. The number of pyridine rings is 1. The zero-order valence-corrected chi connectivity index (χ0v) is 10.5. The largest absolute Gasteiger partial charge is 0.618 e. The average Bonchev–Trinajstić information content (AvgIpc) is 2.19. The maximum absolute atomic E-state index is 11.2. The van der Waals surface area contributed by atoms with Crippen LogP contribution in [0.15, 0.2) is 16.7 Å². The van der Waals surface area contributed by atoms with Crippen molar-refractivity contribution in [1.29, 1.82) is 0 Å². The molecule has 0 amide bonds. The number of aromatic nitrogens is 1. The van der Waals surface area contributed by atoms with Crippen molar-refractivity contribution in [1.82, 2.24) is 0 Å². The van der Waals surface area contributed by atoms with Gasteiger partial charge in [-0.25, -0.2) is 0 Å². The monoisotopic (exact) mass is 295 g/mol. The van der Waals surface area contributed by atoms with Gasteiger partial charge >= 0.3 is 5.15 Å². The van der Waals surface area contributed by atoms with Crippen LogP contribution < -0.4 is 9.47 Å². The lowest BCUT2D eigenvalue weighted by Crippen LogP contribution is -2.27. The molecule has 0 saturated heterocycles. The molecule has 0 aromatic carbocycles. The van der Waals surface area contributed by atoms with Crippen LogP contribution >= 0.6 is 27.5 Å². The highest BCUT2D eigenvalue weighted by Crippen LogP contribution is 2.23. The lowest BCUT2D eigenvalue weighted by Gasteiger charge is -2.07. The van der Waals surface area contributed by atoms with Crippen LogP contribution in [0.3, 0.4) is 0 Å². The molecule has 1 rings (SSSR count). The van der Waals surface area contributed by atoms with E-state index in [9.17, 15) is 5.21 Å². The molecule has 0 spiro atoms. The summed E-state index contributed by atoms with van der Waals surface area (Å²) in [5.41, 5.74) is 0. The van der Waals surface area contributed by atoms with Crippen molar-refractivity contribution in [2.75, 3.05) is 20.3 Å². The number of hydrogen-bond donors (Lipinski definition) is 0. The molecular formula is C9H11BrClNO3. The van der Waals surface area contributed by atoms with Gasteiger partial charge in [0.25, 0.3) is 0 Å². The van der Waals surface area contributed by atoms with Gasteiger partial charge < -0.3 is 14.7 Å². The number of hydrogen-bond acceptors (Lipinski definition) is 3. The van der Waals surface area contributed by atoms with Crippen molar-refractivity contribution >= 4 is 27.5 Å². The Labute approximate surface area is 101 Å². The fraction of sp³-hybridized carbons (Fsp3) is 0.444. The normalized spacial score (nSPS) is 10.3. The second-order valence-electron chi connectivity index (χ2n) is 2.83. The molecule has 0 aliphatic rings. The van der Waals surface area contributed by atoms with E-state index in [-0.39, 0.29) is 5.15 Å². The fourth-order valence-corrected chi connectivity index (χ4v) is 1.54. The van der Waals surface area contributed by atoms with E-state index in [0.717, 1.165) is 6.42 Å². The molecule has 0 radical (unpaired) electrons. The zero-order valence-electron chi connectivity index (χ0n) is 8.20. The predicted molar refractivity (Wildman–Crippen MR) is 60.1 cm³/mol. The van der Waals surface area contributed by atoms with Gasteiger partial charge in [-0.15, -0.1) is 0 Å². The predicted octanol–water partition coefficient (Wildman–Crippen LogP) is 2.15. The van der Waals surface area contributed by atoms with Gasteiger partial charge in [0.05, 0.1) is 11.1 Å². The molecule has 0 atom stereocenters. The van der Waals surface area contributed by atoms with E-state index >= 15 is 0 Å². The van der Waals surface area contributed by atoms with Gasteiger partial charge in [-0.3, -0.25) is 0 Å². The molecule has 1 heterocycles. The molecule has 0 saturated carbocycles. The molecule has 84 valence electrons. The van der Waals surface area contributed by atoms with E-state index in [1.165, 1.54) is 6.20 Å². The Balaban J connectivity index is 2.60. The molecule has 0 fully saturated rings. The quantitative estimate of drug-likeness (QED) is 0.362. The van der Waals surface area contributed by atoms with Gasteiger partial charge in [0.2, 0.25) is 5.75 Å². The first-order valence-electron chi connectivity index (χ1n) is 4.35. The minimum Gasteiger partial charge on any atom is -0.618 e. The maximum atomic E-state index is 11.2. The lowest BCUT2D eigenvalue weighted by atomic mass is 10.4. The van der Waals surface area contributed by atoms with Crippen LogP contribution in [0, 0.1) is 5.21 Å². The van der Waals surface area contributed by atoms with Crippen LogP contribution in [0.1, 0.15) is 6.42 Å². The summed E-state index contributed by atoms with van der Waals surface area (Å²) in [6.07, 6.45) is 2.07. The Kier molecular flexibility index (Phi) is 5.14. The highest BCUT2D eigenvalue weighted by Gasteiger charge is 2.12. The zero-order chi connectivity index (χ0) is 11.3. The van der Waals surface area contributed by atoms with Crippen molar-refractivity contribution < 1.29 is 14.2 Å². The molecule has 0 aliphatic heterocycles. The number of ether oxygens (including phenoxy) is 2. The van der Waals surface area contributed by atoms with E-state index in [0.29, 0.717) is 28.2 Å². The van der Waals surface area contributed by atoms with Gasteiger partial charge in [-0.1, -0.05) is 0 Å². The first kappa shape index (κ1) is 12.5. The van der Waals surface area contributed by atoms with Gasteiger partial charge in [0.15, 0.2) is 6.20 Å². The van der Waals surface area contributed by atoms with Gasteiger partial charge in [0, 0.05) is 26.2 Å². The van der Waals surface area contributed by atoms with Gasteiger partial charge in [-0.05, 0) is 27.5 Å². The number of methoxy groups -OCH3 is 1. The summed E-state index contributed by atoms with van der Waals surface area (Å²) >= 11 is 8.94. The topological polar surface area (TPSA) is 45.4 Å². The van der Waals surface area contributed by atoms with Crippen molar-refractivity contribution in [3.05, 3.63) is 27.1 Å². The highest BCUT2D eigenvalue weighted by molar-refractivity contribution is 9.10. The van der Waals surface area contributed by atoms with Crippen molar-refractivity contribution in [2.45, 2.75) is 6.42 Å². The van der Waals surface area contributed by atoms with E-state index in [1.54, 1.807) is 13.2 Å². The molecule has 1 aromatic heterocycles. The molecule has 0 bridgehead atoms. The Hall–Kier alpha value is -0.520. The van der Waals surface area contributed by atoms with Crippen molar-refractivity contribution in [2.24, 2.45) is 0 Å². The molecule has 0 N–H and O–H groups in total. The van der Waals surface area contributed by atoms with Crippen molar-refractivity contribution in [3.8, 4) is 5.75 Å². The lowest BCUT2D eigenvalue weighted by molar-refractivity contribution is -0.604. The maximum Gasteiger partial charge on any atom is 0.328 e. The van der Waals surface area contributed by atoms with Crippen LogP contribution in [0.25, 0.3) is 0 Å². The standard InChI is InChI=1S/C9H11BrClNO3/c1-14-3-2-4-15-8-5-7(10)6-12(13)9(8)11/h5-6H,2-4H2,1H3. The molecule has 4 nitrogen and oxygen atoms in total. The Morgan fingerprint density at radius 2 is 2.27 bits per heavy atom. The summed E-state index contributed by atoms with van der Waals surface area (Å²) in [7, 11) is 1.62. The second kappa shape index (κ2) is 6.15. The summed E-state index contributed by atoms with van der Waals surface area (Å²) in [6, 6.07) is 1.66. The molecule has 0 unspecified atom stereocenters. The highest BCUT2D eigenvalue weighted by atomic mass is 79.9. The Morgan fingerprint density at radius 1 is 1.53 bits per heavy atom. The van der Waals surface area contributed by atoms with Gasteiger partial charge in [0.1, 0.15) is 0 Å². The minimum absolute atomic E-state index is 0.0376. The van der Waals surface area contributed by atoms with Crippen LogP contribution in [-0.4, -0.2) is 20.3 Å². The fourth-order valence-electron chi connectivity index (χ4n) is 0.986. The van der Waals surface area contributed by atoms with Crippen LogP contribution in [-0.2, 0) is 4.74 Å². The van der Waals surface area contributed by atoms with E-state index < -0.39 is 0 Å². The van der Waals surface area contributed by atoms with Gasteiger partial charge in [-0.2, -0.15) is 4.73 Å². The van der Waals surface area contributed by atoms with Crippen LogP contribution in [0.4, 0.5) is 0 Å². The Morgan fingerprint density at radius 3 is 2.93 bits per heavy atom. The smallest absolute Gasteiger partial charge is 0.328 e. The van der Waals surface area contributed by atoms with E-state index in [2.05, 4.69) is 15.9 Å².